The molecule has 9 heavy (non-hydrogen) atoms. The van der Waals surface area contributed by atoms with Gasteiger partial charge in [0.05, 0.1) is 0 Å². The molecule has 1 unspecified atom stereocenters. The Kier molecular flexibility index (Phi) is 1.26. The van der Waals surface area contributed by atoms with E-state index in [1.165, 1.54) is 0 Å². The monoisotopic (exact) mass is 132 g/mol. The van der Waals surface area contributed by atoms with Gasteiger partial charge in [-0.2, -0.15) is 0 Å². The maximum Gasteiger partial charge on any atom is 0.506 e. The normalized spacial score (nSPS) is 24.0. The maximum absolute atomic E-state index is 10.2. The largest absolute Gasteiger partial charge is 0.506 e. The van der Waals surface area contributed by atoms with E-state index in [-0.39, 0.29) is 6.61 Å². The number of hydrogen-bond donors (Lipinski definition) is 1. The second-order valence-corrected chi connectivity index (χ2v) is 1.50. The van der Waals surface area contributed by atoms with Crippen molar-refractivity contribution >= 4 is 12.1 Å². The smallest absolute Gasteiger partial charge is 0.458 e. The Bertz CT molecular complexity index is 151. The number of carboxylic acid groups (broad SMARTS) is 1. The fourth-order valence-electron chi connectivity index (χ4n) is 0.423. The molecule has 1 saturated heterocycles. The molecule has 0 aromatic heterocycles. The molecule has 1 atom stereocenters. The van der Waals surface area contributed by atoms with E-state index in [1.54, 1.807) is 0 Å². The lowest BCUT2D eigenvalue weighted by atomic mass is 10.3. The number of rotatable bonds is 1. The van der Waals surface area contributed by atoms with E-state index in [9.17, 15) is 9.59 Å². The Morgan fingerprint density at radius 2 is 2.56 bits per heavy atom. The first-order valence-electron chi connectivity index (χ1n) is 2.26. The van der Waals surface area contributed by atoms with Crippen molar-refractivity contribution in [3.8, 4) is 0 Å². The van der Waals surface area contributed by atoms with Gasteiger partial charge in [0.2, 0.25) is 6.10 Å². The molecule has 0 spiro atoms. The van der Waals surface area contributed by atoms with E-state index in [1.807, 2.05) is 0 Å². The van der Waals surface area contributed by atoms with Crippen molar-refractivity contribution in [2.24, 2.45) is 0 Å². The zero-order chi connectivity index (χ0) is 6.85. The molecule has 0 aromatic rings. The second kappa shape index (κ2) is 1.93. The lowest BCUT2D eigenvalue weighted by molar-refractivity contribution is -0.180. The summed E-state index contributed by atoms with van der Waals surface area (Å²) in [5.74, 6) is -0.614. The van der Waals surface area contributed by atoms with Crippen LogP contribution in [0.3, 0.4) is 0 Å². The molecule has 50 valence electrons. The molecular formula is C4H4O5. The van der Waals surface area contributed by atoms with Crippen molar-refractivity contribution in [1.82, 2.24) is 0 Å². The van der Waals surface area contributed by atoms with Gasteiger partial charge >= 0.3 is 12.1 Å². The quantitative estimate of drug-likeness (QED) is 0.491. The fraction of sp³-hybridized carbons (Fsp3) is 0.500. The summed E-state index contributed by atoms with van der Waals surface area (Å²) in [6.45, 7) is 0.0468. The standard InChI is InChI=1S/C4H4O5/c5-3-2(1-8-3)9-4(6)7/h2H,1H2,(H,6,7). The summed E-state index contributed by atoms with van der Waals surface area (Å²) < 4.78 is 8.26. The zero-order valence-corrected chi connectivity index (χ0v) is 4.36. The molecule has 1 aliphatic heterocycles. The Morgan fingerprint density at radius 1 is 1.89 bits per heavy atom. The first kappa shape index (κ1) is 5.87. The highest BCUT2D eigenvalue weighted by Gasteiger charge is 2.34. The third-order valence-corrected chi connectivity index (χ3v) is 0.883. The van der Waals surface area contributed by atoms with Crippen LogP contribution in [0.4, 0.5) is 4.79 Å². The molecule has 0 aliphatic carbocycles. The summed E-state index contributed by atoms with van der Waals surface area (Å²) in [6, 6.07) is 0. The van der Waals surface area contributed by atoms with Crippen LogP contribution in [0.5, 0.6) is 0 Å². The highest BCUT2D eigenvalue weighted by molar-refractivity contribution is 5.81. The fourth-order valence-corrected chi connectivity index (χ4v) is 0.423. The van der Waals surface area contributed by atoms with Gasteiger partial charge in [-0.3, -0.25) is 0 Å². The van der Waals surface area contributed by atoms with Crippen LogP contribution in [0.15, 0.2) is 0 Å². The minimum absolute atomic E-state index is 0.0468. The van der Waals surface area contributed by atoms with E-state index >= 15 is 0 Å². The average molecular weight is 132 g/mol. The summed E-state index contributed by atoms with van der Waals surface area (Å²) in [5, 5.41) is 7.94. The van der Waals surface area contributed by atoms with Gasteiger partial charge in [0, 0.05) is 0 Å². The number of carbonyl (C=O) groups is 2. The van der Waals surface area contributed by atoms with Crippen LogP contribution in [0.25, 0.3) is 0 Å². The second-order valence-electron chi connectivity index (χ2n) is 1.50. The van der Waals surface area contributed by atoms with E-state index in [4.69, 9.17) is 5.11 Å². The number of hydrogen-bond acceptors (Lipinski definition) is 4. The third kappa shape index (κ3) is 1.10. The van der Waals surface area contributed by atoms with Gasteiger partial charge in [-0.1, -0.05) is 0 Å². The van der Waals surface area contributed by atoms with E-state index in [0.29, 0.717) is 0 Å². The highest BCUT2D eigenvalue weighted by Crippen LogP contribution is 2.07. The van der Waals surface area contributed by atoms with Gasteiger partial charge in [-0.15, -0.1) is 0 Å². The van der Waals surface area contributed by atoms with Gasteiger partial charge < -0.3 is 14.6 Å². The molecule has 1 fully saturated rings. The van der Waals surface area contributed by atoms with Crippen LogP contribution in [0.2, 0.25) is 0 Å². The molecule has 0 aromatic carbocycles. The van der Waals surface area contributed by atoms with Crippen LogP contribution in [0.1, 0.15) is 0 Å². The predicted molar refractivity (Wildman–Crippen MR) is 23.9 cm³/mol. The van der Waals surface area contributed by atoms with Gasteiger partial charge in [-0.05, 0) is 0 Å². The molecule has 0 amide bonds. The van der Waals surface area contributed by atoms with Gasteiger partial charge in [0.25, 0.3) is 0 Å². The van der Waals surface area contributed by atoms with Crippen LogP contribution >= 0.6 is 0 Å². The van der Waals surface area contributed by atoms with Crippen molar-refractivity contribution in [1.29, 1.82) is 0 Å². The molecule has 5 heteroatoms. The van der Waals surface area contributed by atoms with E-state index in [2.05, 4.69) is 9.47 Å². The number of carbonyl (C=O) groups excluding carboxylic acids is 1. The molecule has 0 bridgehead atoms. The highest BCUT2D eigenvalue weighted by atomic mass is 16.7. The zero-order valence-electron chi connectivity index (χ0n) is 4.36. The van der Waals surface area contributed by atoms with E-state index in [0.717, 1.165) is 0 Å². The van der Waals surface area contributed by atoms with Crippen molar-refractivity contribution in [2.75, 3.05) is 6.61 Å². The summed E-state index contributed by atoms with van der Waals surface area (Å²) in [7, 11) is 0. The number of esters is 1. The number of cyclic esters (lactones) is 1. The van der Waals surface area contributed by atoms with Crippen LogP contribution in [-0.4, -0.2) is 29.9 Å². The van der Waals surface area contributed by atoms with Crippen molar-refractivity contribution in [3.05, 3.63) is 0 Å². The van der Waals surface area contributed by atoms with Gasteiger partial charge in [0.1, 0.15) is 6.61 Å². The van der Waals surface area contributed by atoms with Crippen LogP contribution in [-0.2, 0) is 14.3 Å². The van der Waals surface area contributed by atoms with Crippen LogP contribution in [0, 0.1) is 0 Å². The summed E-state index contributed by atoms with van der Waals surface area (Å²) in [4.78, 5) is 19.9. The Balaban J connectivity index is 2.29. The average Bonchev–Trinajstić information content (AvgIpc) is 1.79. The Hall–Kier alpha value is -1.26. The van der Waals surface area contributed by atoms with Crippen molar-refractivity contribution in [2.45, 2.75) is 6.10 Å². The molecule has 1 N–H and O–H groups in total. The molecule has 1 aliphatic rings. The topological polar surface area (TPSA) is 72.8 Å². The van der Waals surface area contributed by atoms with Crippen molar-refractivity contribution in [3.63, 3.8) is 0 Å². The van der Waals surface area contributed by atoms with Gasteiger partial charge in [0.15, 0.2) is 0 Å². The molecule has 0 radical (unpaired) electrons. The van der Waals surface area contributed by atoms with E-state index < -0.39 is 18.2 Å². The number of ether oxygens (including phenoxy) is 2. The molecule has 5 nitrogen and oxygen atoms in total. The minimum atomic E-state index is -1.45. The first-order valence-corrected chi connectivity index (χ1v) is 2.26. The van der Waals surface area contributed by atoms with Crippen molar-refractivity contribution < 1.29 is 24.2 Å². The minimum Gasteiger partial charge on any atom is -0.458 e. The summed E-state index contributed by atoms with van der Waals surface area (Å²) >= 11 is 0. The lowest BCUT2D eigenvalue weighted by Crippen LogP contribution is -2.43. The summed E-state index contributed by atoms with van der Waals surface area (Å²) in [5.41, 5.74) is 0. The summed E-state index contributed by atoms with van der Waals surface area (Å²) in [6.07, 6.45) is -2.33. The van der Waals surface area contributed by atoms with Crippen LogP contribution < -0.4 is 0 Å². The van der Waals surface area contributed by atoms with Gasteiger partial charge in [-0.25, -0.2) is 9.59 Å². The Morgan fingerprint density at radius 3 is 2.67 bits per heavy atom. The molecule has 0 saturated carbocycles. The maximum atomic E-state index is 10.2. The molecular weight excluding hydrogens is 128 g/mol. The molecule has 1 heterocycles. The Labute approximate surface area is 50.2 Å². The third-order valence-electron chi connectivity index (χ3n) is 0.883. The first-order chi connectivity index (χ1) is 4.20. The SMILES string of the molecule is O=C(O)OC1COC1=O. The molecule has 1 rings (SSSR count). The lowest BCUT2D eigenvalue weighted by Gasteiger charge is -2.22. The predicted octanol–water partition coefficient (Wildman–Crippen LogP) is -0.394.